The van der Waals surface area contributed by atoms with Crippen molar-refractivity contribution in [1.29, 1.82) is 0 Å². The lowest BCUT2D eigenvalue weighted by molar-refractivity contribution is 0.132. The van der Waals surface area contributed by atoms with Crippen molar-refractivity contribution in [3.63, 3.8) is 0 Å². The van der Waals surface area contributed by atoms with Crippen molar-refractivity contribution in [3.8, 4) is 0 Å². The molecule has 2 nitrogen and oxygen atoms in total. The van der Waals surface area contributed by atoms with E-state index in [4.69, 9.17) is 0 Å². The summed E-state index contributed by atoms with van der Waals surface area (Å²) in [6.45, 7) is 11.8. The summed E-state index contributed by atoms with van der Waals surface area (Å²) in [4.78, 5) is 0. The number of benzene rings is 1. The minimum Gasteiger partial charge on any atom is -0.396 e. The zero-order valence-electron chi connectivity index (χ0n) is 12.4. The van der Waals surface area contributed by atoms with E-state index in [1.165, 1.54) is 16.7 Å². The molecule has 0 amide bonds. The molecule has 0 heterocycles. The number of aliphatic hydroxyl groups excluding tert-OH is 1. The first kappa shape index (κ1) is 15.2. The topological polar surface area (TPSA) is 32.3 Å². The first-order valence-electron chi connectivity index (χ1n) is 6.83. The summed E-state index contributed by atoms with van der Waals surface area (Å²) >= 11 is 0. The Morgan fingerprint density at radius 3 is 2.50 bits per heavy atom. The lowest BCUT2D eigenvalue weighted by Gasteiger charge is -2.28. The van der Waals surface area contributed by atoms with Gasteiger partial charge in [-0.3, -0.25) is 0 Å². The maximum atomic E-state index is 9.42. The van der Waals surface area contributed by atoms with Crippen LogP contribution in [-0.4, -0.2) is 18.3 Å². The second-order valence-corrected chi connectivity index (χ2v) is 5.78. The van der Waals surface area contributed by atoms with Crippen LogP contribution in [0.25, 0.3) is 0 Å². The van der Waals surface area contributed by atoms with E-state index in [1.54, 1.807) is 0 Å². The number of hydrogen-bond acceptors (Lipinski definition) is 2. The van der Waals surface area contributed by atoms with E-state index in [0.29, 0.717) is 6.04 Å². The predicted molar refractivity (Wildman–Crippen MR) is 77.8 cm³/mol. The number of rotatable bonds is 6. The van der Waals surface area contributed by atoms with Gasteiger partial charge >= 0.3 is 0 Å². The summed E-state index contributed by atoms with van der Waals surface area (Å²) < 4.78 is 0. The van der Waals surface area contributed by atoms with Gasteiger partial charge in [0, 0.05) is 24.6 Å². The molecule has 0 aliphatic carbocycles. The third kappa shape index (κ3) is 3.82. The predicted octanol–water partition coefficient (Wildman–Crippen LogP) is 3.36. The van der Waals surface area contributed by atoms with Gasteiger partial charge in [0.25, 0.3) is 0 Å². The molecule has 0 saturated heterocycles. The molecule has 2 atom stereocenters. The molecule has 0 radical (unpaired) electrons. The Balaban J connectivity index is 2.68. The molecule has 0 bridgehead atoms. The monoisotopic (exact) mass is 249 g/mol. The largest absolute Gasteiger partial charge is 0.396 e. The first-order valence-corrected chi connectivity index (χ1v) is 6.83. The van der Waals surface area contributed by atoms with E-state index in [1.807, 2.05) is 0 Å². The average Bonchev–Trinajstić information content (AvgIpc) is 2.35. The Kier molecular flexibility index (Phi) is 5.36. The van der Waals surface area contributed by atoms with E-state index in [2.05, 4.69) is 58.1 Å². The first-order chi connectivity index (χ1) is 8.41. The summed E-state index contributed by atoms with van der Waals surface area (Å²) in [7, 11) is 0. The molecule has 0 fully saturated rings. The van der Waals surface area contributed by atoms with E-state index >= 15 is 0 Å². The van der Waals surface area contributed by atoms with Gasteiger partial charge in [-0.2, -0.15) is 0 Å². The molecule has 0 aliphatic rings. The van der Waals surface area contributed by atoms with Crippen LogP contribution >= 0.6 is 0 Å². The van der Waals surface area contributed by atoms with E-state index in [-0.39, 0.29) is 12.0 Å². The SMILES string of the molecule is CCC(C)(CO)CNC(C)c1ccc(C)cc1C. The number of aliphatic hydroxyl groups is 1. The van der Waals surface area contributed by atoms with Crippen LogP contribution in [0.2, 0.25) is 0 Å². The minimum absolute atomic E-state index is 0.0210. The van der Waals surface area contributed by atoms with Gasteiger partial charge in [-0.15, -0.1) is 0 Å². The summed E-state index contributed by atoms with van der Waals surface area (Å²) in [5.74, 6) is 0. The molecule has 1 aromatic rings. The third-order valence-corrected chi connectivity index (χ3v) is 3.96. The Hall–Kier alpha value is -0.860. The minimum atomic E-state index is -0.0210. The van der Waals surface area contributed by atoms with Crippen molar-refractivity contribution in [2.45, 2.75) is 47.1 Å². The zero-order chi connectivity index (χ0) is 13.8. The van der Waals surface area contributed by atoms with Crippen molar-refractivity contribution >= 4 is 0 Å². The van der Waals surface area contributed by atoms with Crippen LogP contribution < -0.4 is 5.32 Å². The molecule has 0 aliphatic heterocycles. The highest BCUT2D eigenvalue weighted by molar-refractivity contribution is 5.32. The van der Waals surface area contributed by atoms with Crippen LogP contribution in [-0.2, 0) is 0 Å². The Labute approximate surface area is 111 Å². The van der Waals surface area contributed by atoms with Gasteiger partial charge in [0.1, 0.15) is 0 Å². The highest BCUT2D eigenvalue weighted by atomic mass is 16.3. The Morgan fingerprint density at radius 2 is 2.00 bits per heavy atom. The lowest BCUT2D eigenvalue weighted by atomic mass is 9.88. The van der Waals surface area contributed by atoms with Gasteiger partial charge in [-0.25, -0.2) is 0 Å². The molecule has 0 aromatic heterocycles. The van der Waals surface area contributed by atoms with Crippen LogP contribution in [0.5, 0.6) is 0 Å². The summed E-state index contributed by atoms with van der Waals surface area (Å²) in [6, 6.07) is 6.90. The molecular formula is C16H27NO. The second kappa shape index (κ2) is 6.35. The maximum Gasteiger partial charge on any atom is 0.0496 e. The van der Waals surface area contributed by atoms with Crippen LogP contribution in [0, 0.1) is 19.3 Å². The van der Waals surface area contributed by atoms with Crippen molar-refractivity contribution in [1.82, 2.24) is 5.32 Å². The molecule has 102 valence electrons. The summed E-state index contributed by atoms with van der Waals surface area (Å²) in [5, 5.41) is 13.0. The van der Waals surface area contributed by atoms with Gasteiger partial charge < -0.3 is 10.4 Å². The molecule has 2 heteroatoms. The van der Waals surface area contributed by atoms with E-state index < -0.39 is 0 Å². The second-order valence-electron chi connectivity index (χ2n) is 5.78. The fraction of sp³-hybridized carbons (Fsp3) is 0.625. The normalized spacial score (nSPS) is 16.3. The number of nitrogens with one attached hydrogen (secondary N) is 1. The maximum absolute atomic E-state index is 9.42. The zero-order valence-corrected chi connectivity index (χ0v) is 12.4. The fourth-order valence-corrected chi connectivity index (χ4v) is 2.11. The van der Waals surface area contributed by atoms with E-state index in [0.717, 1.165) is 13.0 Å². The molecule has 0 spiro atoms. The average molecular weight is 249 g/mol. The van der Waals surface area contributed by atoms with E-state index in [9.17, 15) is 5.11 Å². The highest BCUT2D eigenvalue weighted by Crippen LogP contribution is 2.22. The number of hydrogen-bond donors (Lipinski definition) is 2. The lowest BCUT2D eigenvalue weighted by Crippen LogP contribution is -2.35. The van der Waals surface area contributed by atoms with Gasteiger partial charge in [0.15, 0.2) is 0 Å². The van der Waals surface area contributed by atoms with Gasteiger partial charge in [0.05, 0.1) is 0 Å². The van der Waals surface area contributed by atoms with Crippen molar-refractivity contribution in [2.24, 2.45) is 5.41 Å². The van der Waals surface area contributed by atoms with Crippen LogP contribution in [0.4, 0.5) is 0 Å². The van der Waals surface area contributed by atoms with Crippen molar-refractivity contribution in [3.05, 3.63) is 34.9 Å². The molecule has 2 unspecified atom stereocenters. The standard InChI is InChI=1S/C16H27NO/c1-6-16(5,11-18)10-17-14(4)15-8-7-12(2)9-13(15)3/h7-9,14,17-18H,6,10-11H2,1-5H3. The molecular weight excluding hydrogens is 222 g/mol. The fourth-order valence-electron chi connectivity index (χ4n) is 2.11. The van der Waals surface area contributed by atoms with Crippen LogP contribution in [0.3, 0.4) is 0 Å². The van der Waals surface area contributed by atoms with Gasteiger partial charge in [-0.05, 0) is 38.3 Å². The smallest absolute Gasteiger partial charge is 0.0496 e. The highest BCUT2D eigenvalue weighted by Gasteiger charge is 2.21. The Bertz CT molecular complexity index is 383. The molecule has 18 heavy (non-hydrogen) atoms. The molecule has 2 N–H and O–H groups in total. The molecule has 1 rings (SSSR count). The van der Waals surface area contributed by atoms with Crippen LogP contribution in [0.15, 0.2) is 18.2 Å². The quantitative estimate of drug-likeness (QED) is 0.810. The molecule has 1 aromatic carbocycles. The van der Waals surface area contributed by atoms with Crippen LogP contribution in [0.1, 0.15) is 49.9 Å². The van der Waals surface area contributed by atoms with Gasteiger partial charge in [0.2, 0.25) is 0 Å². The summed E-state index contributed by atoms with van der Waals surface area (Å²) in [6.07, 6.45) is 0.982. The number of aryl methyl sites for hydroxylation is 2. The van der Waals surface area contributed by atoms with Gasteiger partial charge in [-0.1, -0.05) is 37.6 Å². The Morgan fingerprint density at radius 1 is 1.33 bits per heavy atom. The third-order valence-electron chi connectivity index (χ3n) is 3.96. The summed E-state index contributed by atoms with van der Waals surface area (Å²) in [5.41, 5.74) is 3.96. The van der Waals surface area contributed by atoms with Crippen molar-refractivity contribution in [2.75, 3.05) is 13.2 Å². The molecule has 0 saturated carbocycles. The van der Waals surface area contributed by atoms with Crippen molar-refractivity contribution < 1.29 is 5.11 Å².